The second kappa shape index (κ2) is 2.65. The van der Waals surface area contributed by atoms with Crippen molar-refractivity contribution >= 4 is 0 Å². The van der Waals surface area contributed by atoms with Crippen molar-refractivity contribution in [3.63, 3.8) is 0 Å². The molecule has 0 amide bonds. The Kier molecular flexibility index (Phi) is 1.65. The van der Waals surface area contributed by atoms with Crippen LogP contribution in [0.4, 0.5) is 0 Å². The van der Waals surface area contributed by atoms with Gasteiger partial charge in [-0.05, 0) is 42.4 Å². The topological polar surface area (TPSA) is 12.9 Å². The van der Waals surface area contributed by atoms with E-state index in [-0.39, 0.29) is 0 Å². The lowest BCUT2D eigenvalue weighted by molar-refractivity contribution is 0.656. The Morgan fingerprint density at radius 3 is 3.36 bits per heavy atom. The Morgan fingerprint density at radius 2 is 2.55 bits per heavy atom. The molecule has 11 heavy (non-hydrogen) atoms. The minimum Gasteiger partial charge on any atom is -0.264 e. The van der Waals surface area contributed by atoms with E-state index >= 15 is 0 Å². The van der Waals surface area contributed by atoms with Crippen molar-refractivity contribution in [2.45, 2.75) is 32.1 Å². The second-order valence-corrected chi connectivity index (χ2v) is 3.22. The van der Waals surface area contributed by atoms with E-state index in [1.165, 1.54) is 24.8 Å². The van der Waals surface area contributed by atoms with Crippen LogP contribution in [0, 0.1) is 0 Å². The number of hydrogen-bond donors (Lipinski definition) is 0. The number of aromatic nitrogens is 1. The van der Waals surface area contributed by atoms with Crippen LogP contribution in [0.2, 0.25) is 0 Å². The zero-order valence-electron chi connectivity index (χ0n) is 6.88. The van der Waals surface area contributed by atoms with Crippen molar-refractivity contribution in [1.29, 1.82) is 0 Å². The molecule has 1 unspecified atom stereocenters. The first kappa shape index (κ1) is 6.84. The fraction of sp³-hybridized carbons (Fsp3) is 0.500. The summed E-state index contributed by atoms with van der Waals surface area (Å²) in [5.41, 5.74) is 3.02. The summed E-state index contributed by atoms with van der Waals surface area (Å²) in [7, 11) is 0. The Hall–Kier alpha value is -0.850. The molecule has 1 atom stereocenters. The van der Waals surface area contributed by atoms with Gasteiger partial charge in [0, 0.05) is 12.4 Å². The van der Waals surface area contributed by atoms with Gasteiger partial charge in [-0.3, -0.25) is 4.98 Å². The summed E-state index contributed by atoms with van der Waals surface area (Å²) < 4.78 is 0. The molecule has 1 nitrogen and oxygen atoms in total. The van der Waals surface area contributed by atoms with Gasteiger partial charge in [0.2, 0.25) is 0 Å². The van der Waals surface area contributed by atoms with Gasteiger partial charge >= 0.3 is 0 Å². The van der Waals surface area contributed by atoms with Crippen LogP contribution in [0.25, 0.3) is 0 Å². The minimum atomic E-state index is 0.813. The van der Waals surface area contributed by atoms with E-state index in [1.54, 1.807) is 5.56 Å². The van der Waals surface area contributed by atoms with Gasteiger partial charge < -0.3 is 0 Å². The Morgan fingerprint density at radius 1 is 1.64 bits per heavy atom. The smallest absolute Gasteiger partial charge is 0.0302 e. The van der Waals surface area contributed by atoms with Crippen LogP contribution < -0.4 is 0 Å². The lowest BCUT2D eigenvalue weighted by Crippen LogP contribution is -1.89. The van der Waals surface area contributed by atoms with Crippen molar-refractivity contribution in [1.82, 2.24) is 4.98 Å². The highest BCUT2D eigenvalue weighted by atomic mass is 14.6. The molecule has 1 aliphatic rings. The molecule has 1 heterocycles. The van der Waals surface area contributed by atoms with E-state index in [2.05, 4.69) is 18.0 Å². The fourth-order valence-corrected chi connectivity index (χ4v) is 1.95. The molecule has 2 rings (SSSR count). The van der Waals surface area contributed by atoms with E-state index < -0.39 is 0 Å². The molecule has 0 bridgehead atoms. The van der Waals surface area contributed by atoms with Gasteiger partial charge in [0.05, 0.1) is 0 Å². The molecule has 1 heteroatoms. The fourth-order valence-electron chi connectivity index (χ4n) is 1.95. The first-order valence-corrected chi connectivity index (χ1v) is 4.34. The van der Waals surface area contributed by atoms with Crippen LogP contribution in [0.5, 0.6) is 0 Å². The molecule has 0 saturated carbocycles. The molecule has 0 fully saturated rings. The first-order chi connectivity index (χ1) is 5.42. The highest BCUT2D eigenvalue weighted by Gasteiger charge is 2.19. The molecule has 1 aromatic heterocycles. The van der Waals surface area contributed by atoms with Gasteiger partial charge in [-0.15, -0.1) is 0 Å². The first-order valence-electron chi connectivity index (χ1n) is 4.34. The second-order valence-electron chi connectivity index (χ2n) is 3.22. The molecule has 58 valence electrons. The summed E-state index contributed by atoms with van der Waals surface area (Å²) >= 11 is 0. The number of nitrogens with zero attached hydrogens (tertiary/aromatic N) is 1. The van der Waals surface area contributed by atoms with Crippen molar-refractivity contribution < 1.29 is 0 Å². The summed E-state index contributed by atoms with van der Waals surface area (Å²) in [6.45, 7) is 2.26. The summed E-state index contributed by atoms with van der Waals surface area (Å²) in [4.78, 5) is 4.13. The molecule has 0 radical (unpaired) electrons. The third-order valence-electron chi connectivity index (χ3n) is 2.64. The molecule has 0 aliphatic heterocycles. The molecule has 0 spiro atoms. The van der Waals surface area contributed by atoms with Crippen molar-refractivity contribution in [2.24, 2.45) is 0 Å². The number of aryl methyl sites for hydroxylation is 1. The maximum absolute atomic E-state index is 4.13. The average molecular weight is 147 g/mol. The van der Waals surface area contributed by atoms with E-state index in [1.807, 2.05) is 12.4 Å². The van der Waals surface area contributed by atoms with Crippen molar-refractivity contribution in [3.8, 4) is 0 Å². The van der Waals surface area contributed by atoms with E-state index in [0.29, 0.717) is 0 Å². The quantitative estimate of drug-likeness (QED) is 0.594. The van der Waals surface area contributed by atoms with Gasteiger partial charge in [0.1, 0.15) is 0 Å². The highest BCUT2D eigenvalue weighted by molar-refractivity contribution is 5.31. The molecule has 1 aliphatic carbocycles. The van der Waals surface area contributed by atoms with Crippen LogP contribution in [0.1, 0.15) is 36.8 Å². The third-order valence-corrected chi connectivity index (χ3v) is 2.64. The number of rotatable bonds is 1. The largest absolute Gasteiger partial charge is 0.264 e. The lowest BCUT2D eigenvalue weighted by Gasteiger charge is -2.05. The lowest BCUT2D eigenvalue weighted by atomic mass is 10.0. The third kappa shape index (κ3) is 1.05. The van der Waals surface area contributed by atoms with E-state index in [0.717, 1.165) is 5.92 Å². The molecule has 0 saturated heterocycles. The van der Waals surface area contributed by atoms with Crippen molar-refractivity contribution in [3.05, 3.63) is 29.6 Å². The molecule has 0 N–H and O–H groups in total. The Bertz CT molecular complexity index is 255. The minimum absolute atomic E-state index is 0.813. The SMILES string of the molecule is CCC1CCc2cnccc21. The molecular weight excluding hydrogens is 134 g/mol. The molecule has 0 aromatic carbocycles. The maximum atomic E-state index is 4.13. The van der Waals surface area contributed by atoms with Gasteiger partial charge in [0.25, 0.3) is 0 Å². The van der Waals surface area contributed by atoms with Gasteiger partial charge in [-0.1, -0.05) is 6.92 Å². The summed E-state index contributed by atoms with van der Waals surface area (Å²) in [5.74, 6) is 0.813. The predicted molar refractivity (Wildman–Crippen MR) is 45.6 cm³/mol. The molecular formula is C10H13N. The monoisotopic (exact) mass is 147 g/mol. The number of pyridine rings is 1. The van der Waals surface area contributed by atoms with E-state index in [9.17, 15) is 0 Å². The normalized spacial score (nSPS) is 21.7. The zero-order valence-corrected chi connectivity index (χ0v) is 6.88. The molecule has 1 aromatic rings. The Balaban J connectivity index is 2.39. The number of fused-ring (bicyclic) bond motifs is 1. The number of hydrogen-bond acceptors (Lipinski definition) is 1. The summed E-state index contributed by atoms with van der Waals surface area (Å²) in [5, 5.41) is 0. The van der Waals surface area contributed by atoms with Crippen LogP contribution in [-0.4, -0.2) is 4.98 Å². The van der Waals surface area contributed by atoms with E-state index in [4.69, 9.17) is 0 Å². The summed E-state index contributed by atoms with van der Waals surface area (Å²) in [6, 6.07) is 2.18. The summed E-state index contributed by atoms with van der Waals surface area (Å²) in [6.07, 6.45) is 7.77. The van der Waals surface area contributed by atoms with Crippen LogP contribution in [0.3, 0.4) is 0 Å². The Labute approximate surface area is 67.5 Å². The van der Waals surface area contributed by atoms with Gasteiger partial charge in [-0.2, -0.15) is 0 Å². The van der Waals surface area contributed by atoms with Crippen molar-refractivity contribution in [2.75, 3.05) is 0 Å². The van der Waals surface area contributed by atoms with Crippen LogP contribution in [0.15, 0.2) is 18.5 Å². The van der Waals surface area contributed by atoms with Gasteiger partial charge in [0.15, 0.2) is 0 Å². The van der Waals surface area contributed by atoms with Crippen LogP contribution in [-0.2, 0) is 6.42 Å². The zero-order chi connectivity index (χ0) is 7.68. The standard InChI is InChI=1S/C10H13N/c1-2-8-3-4-9-7-11-6-5-10(8)9/h5-8H,2-4H2,1H3. The van der Waals surface area contributed by atoms with Gasteiger partial charge in [-0.25, -0.2) is 0 Å². The highest BCUT2D eigenvalue weighted by Crippen LogP contribution is 2.34. The average Bonchev–Trinajstić information content (AvgIpc) is 2.47. The van der Waals surface area contributed by atoms with Crippen LogP contribution >= 0.6 is 0 Å². The maximum Gasteiger partial charge on any atom is 0.0302 e. The predicted octanol–water partition coefficient (Wildman–Crippen LogP) is 2.52.